The molecule has 0 amide bonds. The van der Waals surface area contributed by atoms with Crippen LogP contribution in [0.3, 0.4) is 0 Å². The third-order valence-electron chi connectivity index (χ3n) is 3.91. The smallest absolute Gasteiger partial charge is 0.313 e. The Morgan fingerprint density at radius 3 is 2.64 bits per heavy atom. The van der Waals surface area contributed by atoms with Crippen molar-refractivity contribution in [1.29, 1.82) is 0 Å². The van der Waals surface area contributed by atoms with E-state index in [0.29, 0.717) is 11.1 Å². The van der Waals surface area contributed by atoms with E-state index < -0.39 is 5.97 Å². The first kappa shape index (κ1) is 19.8. The van der Waals surface area contributed by atoms with Gasteiger partial charge in [-0.05, 0) is 37.3 Å². The molecule has 3 N–H and O–H groups in total. The van der Waals surface area contributed by atoms with Crippen LogP contribution < -0.4 is 5.32 Å². The van der Waals surface area contributed by atoms with Gasteiger partial charge in [0.25, 0.3) is 0 Å². The van der Waals surface area contributed by atoms with Crippen molar-refractivity contribution in [1.82, 2.24) is 4.57 Å². The molecule has 0 unspecified atom stereocenters. The van der Waals surface area contributed by atoms with Crippen molar-refractivity contribution in [2.75, 3.05) is 11.1 Å². The van der Waals surface area contributed by atoms with E-state index in [4.69, 9.17) is 17.3 Å². The predicted molar refractivity (Wildman–Crippen MR) is 116 cm³/mol. The van der Waals surface area contributed by atoms with E-state index >= 15 is 0 Å². The summed E-state index contributed by atoms with van der Waals surface area (Å²) < 4.78 is 1.60. The Morgan fingerprint density at radius 2 is 1.93 bits per heavy atom. The number of fused-ring (bicyclic) bond motifs is 1. The highest BCUT2D eigenvalue weighted by Gasteiger charge is 2.16. The van der Waals surface area contributed by atoms with Crippen molar-refractivity contribution >= 4 is 57.3 Å². The summed E-state index contributed by atoms with van der Waals surface area (Å²) in [6, 6.07) is 15.0. The van der Waals surface area contributed by atoms with Gasteiger partial charge in [-0.1, -0.05) is 35.9 Å². The van der Waals surface area contributed by atoms with E-state index in [1.54, 1.807) is 4.57 Å². The summed E-state index contributed by atoms with van der Waals surface area (Å²) in [5.74, 6) is -0.775. The maximum absolute atomic E-state index is 10.7. The number of aromatic hydroxyl groups is 1. The van der Waals surface area contributed by atoms with Crippen LogP contribution in [0.4, 0.5) is 11.4 Å². The third kappa shape index (κ3) is 4.68. The van der Waals surface area contributed by atoms with Crippen LogP contribution in [0.15, 0.2) is 58.8 Å². The molecule has 0 spiro atoms. The molecule has 0 aliphatic heterocycles. The Bertz CT molecular complexity index is 1050. The summed E-state index contributed by atoms with van der Waals surface area (Å²) in [6.45, 7) is 2.00. The largest absolute Gasteiger partial charge is 0.493 e. The molecule has 0 saturated heterocycles. The van der Waals surface area contributed by atoms with Crippen molar-refractivity contribution in [3.63, 3.8) is 0 Å². The van der Waals surface area contributed by atoms with E-state index in [0.717, 1.165) is 16.8 Å². The molecule has 2 aromatic carbocycles. The Balaban J connectivity index is 1.82. The first-order valence-corrected chi connectivity index (χ1v) is 9.91. The van der Waals surface area contributed by atoms with Gasteiger partial charge in [0.2, 0.25) is 11.0 Å². The summed E-state index contributed by atoms with van der Waals surface area (Å²) in [6.07, 6.45) is 0. The summed E-state index contributed by atoms with van der Waals surface area (Å²) in [7, 11) is 0. The lowest BCUT2D eigenvalue weighted by atomic mass is 10.2. The number of carbonyl (C=O) groups is 1. The number of hydrogen-bond acceptors (Lipinski definition) is 5. The van der Waals surface area contributed by atoms with E-state index in [1.807, 2.05) is 55.5 Å². The number of para-hydroxylation sites is 1. The van der Waals surface area contributed by atoms with Crippen molar-refractivity contribution < 1.29 is 15.0 Å². The number of thioether (sulfide) groups is 1. The Kier molecular flexibility index (Phi) is 6.27. The second-order valence-corrected chi connectivity index (χ2v) is 7.33. The molecule has 1 aromatic heterocycles. The fraction of sp³-hybridized carbons (Fsp3) is 0.158. The molecule has 0 fully saturated rings. The number of anilines is 1. The van der Waals surface area contributed by atoms with Gasteiger partial charge in [0.1, 0.15) is 0 Å². The fourth-order valence-electron chi connectivity index (χ4n) is 2.61. The average Bonchev–Trinajstić information content (AvgIpc) is 2.93. The normalized spacial score (nSPS) is 11.2. The average molecular weight is 415 g/mol. The van der Waals surface area contributed by atoms with Gasteiger partial charge < -0.3 is 20.1 Å². The number of aromatic nitrogens is 1. The number of carboxylic acid groups (broad SMARTS) is 1. The maximum Gasteiger partial charge on any atom is 0.313 e. The lowest BCUT2D eigenvalue weighted by Crippen LogP contribution is -2.04. The van der Waals surface area contributed by atoms with Gasteiger partial charge in [-0.2, -0.15) is 0 Å². The van der Waals surface area contributed by atoms with E-state index in [2.05, 4.69) is 15.5 Å². The molecule has 0 aliphatic rings. The van der Waals surface area contributed by atoms with Crippen molar-refractivity contribution in [2.45, 2.75) is 12.8 Å². The zero-order valence-corrected chi connectivity index (χ0v) is 16.6. The van der Waals surface area contributed by atoms with Crippen molar-refractivity contribution in [2.24, 2.45) is 10.2 Å². The highest BCUT2D eigenvalue weighted by atomic mass is 32.2. The molecule has 3 rings (SSSR count). The monoisotopic (exact) mass is 414 g/mol. The maximum atomic E-state index is 10.7. The van der Waals surface area contributed by atoms with Gasteiger partial charge in [0.05, 0.1) is 17.1 Å². The number of nitrogens with zero attached hydrogens (tertiary/aromatic N) is 3. The van der Waals surface area contributed by atoms with Gasteiger partial charge >= 0.3 is 5.97 Å². The van der Waals surface area contributed by atoms with Gasteiger partial charge in [0.15, 0.2) is 5.69 Å². The number of aryl methyl sites for hydroxylation is 1. The molecular weight excluding hydrogens is 396 g/mol. The first-order valence-electron chi connectivity index (χ1n) is 8.35. The fourth-order valence-corrected chi connectivity index (χ4v) is 3.47. The van der Waals surface area contributed by atoms with Crippen LogP contribution in [-0.2, 0) is 10.7 Å². The minimum atomic E-state index is -0.909. The van der Waals surface area contributed by atoms with Gasteiger partial charge in [-0.25, -0.2) is 0 Å². The number of hydrogen-bond donors (Lipinski definition) is 3. The van der Waals surface area contributed by atoms with Gasteiger partial charge in [-0.15, -0.1) is 22.0 Å². The number of azo groups is 1. The SMILES string of the molecule is Cc1ccc(NC(=S)N=Nc2c(O)n(CSCC(=O)O)c3ccccc23)cc1. The van der Waals surface area contributed by atoms with Crippen LogP contribution in [0.1, 0.15) is 5.56 Å². The van der Waals surface area contributed by atoms with Gasteiger partial charge in [0, 0.05) is 11.1 Å². The molecule has 28 heavy (non-hydrogen) atoms. The Morgan fingerprint density at radius 1 is 1.21 bits per heavy atom. The minimum absolute atomic E-state index is 0.0621. The zero-order valence-electron chi connectivity index (χ0n) is 15.0. The molecule has 1 heterocycles. The topological polar surface area (TPSA) is 99.2 Å². The summed E-state index contributed by atoms with van der Waals surface area (Å²) in [5, 5.41) is 31.4. The molecule has 9 heteroatoms. The first-order chi connectivity index (χ1) is 13.5. The molecule has 0 atom stereocenters. The molecule has 3 aromatic rings. The molecule has 144 valence electrons. The van der Waals surface area contributed by atoms with Crippen molar-refractivity contribution in [3.8, 4) is 5.88 Å². The zero-order chi connectivity index (χ0) is 20.1. The Labute approximate surface area is 171 Å². The highest BCUT2D eigenvalue weighted by Crippen LogP contribution is 2.39. The number of rotatable bonds is 6. The van der Waals surface area contributed by atoms with Crippen LogP contribution in [-0.4, -0.2) is 31.6 Å². The van der Waals surface area contributed by atoms with Crippen LogP contribution in [0.2, 0.25) is 0 Å². The second kappa shape index (κ2) is 8.85. The van der Waals surface area contributed by atoms with E-state index in [1.165, 1.54) is 11.8 Å². The molecule has 0 bridgehead atoms. The minimum Gasteiger partial charge on any atom is -0.493 e. The molecular formula is C19H18N4O3S2. The second-order valence-electron chi connectivity index (χ2n) is 5.98. The van der Waals surface area contributed by atoms with Crippen LogP contribution in [0, 0.1) is 6.92 Å². The summed E-state index contributed by atoms with van der Waals surface area (Å²) in [5.41, 5.74) is 2.96. The van der Waals surface area contributed by atoms with Gasteiger partial charge in [-0.3, -0.25) is 4.79 Å². The Hall–Kier alpha value is -2.91. The van der Waals surface area contributed by atoms with E-state index in [-0.39, 0.29) is 22.6 Å². The number of nitrogens with one attached hydrogen (secondary N) is 1. The third-order valence-corrected chi connectivity index (χ3v) is 4.98. The molecule has 0 radical (unpaired) electrons. The summed E-state index contributed by atoms with van der Waals surface area (Å²) in [4.78, 5) is 10.7. The quantitative estimate of drug-likeness (QED) is 0.391. The molecule has 0 aliphatic carbocycles. The summed E-state index contributed by atoms with van der Waals surface area (Å²) >= 11 is 6.39. The number of thiocarbonyl (C=S) groups is 1. The number of carboxylic acids is 1. The van der Waals surface area contributed by atoms with Crippen LogP contribution >= 0.6 is 24.0 Å². The lowest BCUT2D eigenvalue weighted by molar-refractivity contribution is -0.133. The van der Waals surface area contributed by atoms with Crippen LogP contribution in [0.25, 0.3) is 10.9 Å². The highest BCUT2D eigenvalue weighted by molar-refractivity contribution is 7.99. The van der Waals surface area contributed by atoms with Crippen LogP contribution in [0.5, 0.6) is 5.88 Å². The standard InChI is InChI=1S/C19H18N4O3S2/c1-12-6-8-13(9-7-12)20-19(27)22-21-17-14-4-2-3-5-15(14)23(18(17)26)11-28-10-16(24)25/h2-9,26H,10-11H2,1H3,(H,20,27)(H,24,25). The molecule has 7 nitrogen and oxygen atoms in total. The van der Waals surface area contributed by atoms with E-state index in [9.17, 15) is 9.90 Å². The van der Waals surface area contributed by atoms with Crippen molar-refractivity contribution in [3.05, 3.63) is 54.1 Å². The lowest BCUT2D eigenvalue weighted by Gasteiger charge is -2.05. The number of benzene rings is 2. The number of aliphatic carboxylic acids is 1. The molecule has 0 saturated carbocycles. The predicted octanol–water partition coefficient (Wildman–Crippen LogP) is 4.91.